The Morgan fingerprint density at radius 2 is 1.79 bits per heavy atom. The fraction of sp³-hybridized carbons (Fsp3) is 0.542. The van der Waals surface area contributed by atoms with Crippen LogP contribution >= 0.6 is 0 Å². The smallest absolute Gasteiger partial charge is 0.408 e. The molecule has 0 aliphatic rings. The highest BCUT2D eigenvalue weighted by Crippen LogP contribution is 2.16. The van der Waals surface area contributed by atoms with Crippen molar-refractivity contribution in [1.29, 1.82) is 0 Å². The van der Waals surface area contributed by atoms with E-state index in [0.717, 1.165) is 0 Å². The van der Waals surface area contributed by atoms with E-state index < -0.39 is 35.7 Å². The summed E-state index contributed by atoms with van der Waals surface area (Å²) in [5.41, 5.74) is 5.75. The Kier molecular flexibility index (Phi) is 11.0. The molecule has 4 amide bonds. The molecule has 0 heterocycles. The number of benzene rings is 1. The molecule has 1 aromatic carbocycles. The normalized spacial score (nSPS) is 13.1. The van der Waals surface area contributed by atoms with Gasteiger partial charge in [-0.15, -0.1) is 0 Å². The highest BCUT2D eigenvalue weighted by molar-refractivity contribution is 6.02. The first kappa shape index (κ1) is 28.9. The summed E-state index contributed by atoms with van der Waals surface area (Å²) in [6.07, 6.45) is -0.149. The van der Waals surface area contributed by atoms with Gasteiger partial charge in [-0.2, -0.15) is 0 Å². The number of carbonyl (C=O) groups is 4. The number of rotatable bonds is 11. The van der Waals surface area contributed by atoms with E-state index in [2.05, 4.69) is 22.9 Å². The molecule has 1 aromatic rings. The number of nitrogens with two attached hydrogens (primary N) is 1. The molecule has 2 atom stereocenters. The quantitative estimate of drug-likeness (QED) is 0.242. The van der Waals surface area contributed by atoms with Gasteiger partial charge in [0.1, 0.15) is 11.6 Å². The number of nitrogens with one attached hydrogen (secondary N) is 3. The van der Waals surface area contributed by atoms with Crippen molar-refractivity contribution < 1.29 is 29.0 Å². The number of urea groups is 1. The van der Waals surface area contributed by atoms with Crippen LogP contribution in [0.15, 0.2) is 18.2 Å². The zero-order valence-electron chi connectivity index (χ0n) is 20.6. The van der Waals surface area contributed by atoms with Crippen LogP contribution in [0.1, 0.15) is 68.9 Å². The van der Waals surface area contributed by atoms with Gasteiger partial charge in [-0.05, 0) is 63.6 Å². The second-order valence-corrected chi connectivity index (χ2v) is 9.37. The standard InChI is InChI=1S/C24H37N4O6/c1-14(2)19(28-23(33)34-24(4,5)6)21(31)27-18(8-7-11-26-22(25)32)20(30)16-9-10-17(13-29)15(3)12-16/h9-10,12,14,18-19,29H,3,7-8,11,13H2,1-2,4-6H3,(H,27,31)(H,28,33)(H3,25,26,32)/t18-,19-/m0/s1. The lowest BCUT2D eigenvalue weighted by Crippen LogP contribution is -2.54. The van der Waals surface area contributed by atoms with Crippen LogP contribution in [0.3, 0.4) is 0 Å². The average molecular weight is 478 g/mol. The van der Waals surface area contributed by atoms with E-state index in [0.29, 0.717) is 23.1 Å². The predicted octanol–water partition coefficient (Wildman–Crippen LogP) is 2.03. The van der Waals surface area contributed by atoms with Crippen molar-refractivity contribution in [3.63, 3.8) is 0 Å². The summed E-state index contributed by atoms with van der Waals surface area (Å²) in [5.74, 6) is -1.18. The molecular weight excluding hydrogens is 440 g/mol. The number of Topliss-reactive ketones (excluding diaryl/α,β-unsaturated/α-hetero) is 1. The number of carbonyl (C=O) groups excluding carboxylic acids is 4. The number of alkyl carbamates (subject to hydrolysis) is 1. The SMILES string of the molecule is [CH2]c1cc(C(=O)[C@H](CCCNC(N)=O)NC(=O)[C@@H](NC(=O)OC(C)(C)C)C(C)C)ccc1CO. The molecule has 0 aliphatic carbocycles. The zero-order valence-corrected chi connectivity index (χ0v) is 20.6. The van der Waals surface area contributed by atoms with E-state index in [9.17, 15) is 24.3 Å². The minimum Gasteiger partial charge on any atom is -0.444 e. The first-order chi connectivity index (χ1) is 15.7. The first-order valence-corrected chi connectivity index (χ1v) is 11.2. The third-order valence-corrected chi connectivity index (χ3v) is 4.88. The molecule has 10 heteroatoms. The van der Waals surface area contributed by atoms with Crippen LogP contribution in [0.25, 0.3) is 0 Å². The summed E-state index contributed by atoms with van der Waals surface area (Å²) in [4.78, 5) is 49.5. The van der Waals surface area contributed by atoms with Crippen molar-refractivity contribution in [3.05, 3.63) is 41.8 Å². The van der Waals surface area contributed by atoms with Gasteiger partial charge in [0.25, 0.3) is 0 Å². The van der Waals surface area contributed by atoms with Gasteiger partial charge in [-0.25, -0.2) is 9.59 Å². The van der Waals surface area contributed by atoms with Gasteiger partial charge in [0, 0.05) is 12.1 Å². The van der Waals surface area contributed by atoms with Crippen molar-refractivity contribution in [2.24, 2.45) is 11.7 Å². The van der Waals surface area contributed by atoms with Crippen LogP contribution in [0.4, 0.5) is 9.59 Å². The zero-order chi connectivity index (χ0) is 26.1. The van der Waals surface area contributed by atoms with Crippen LogP contribution < -0.4 is 21.7 Å². The molecule has 0 aliphatic heterocycles. The molecule has 1 radical (unpaired) electrons. The third-order valence-electron chi connectivity index (χ3n) is 4.88. The second kappa shape index (κ2) is 12.9. The van der Waals surface area contributed by atoms with Gasteiger partial charge >= 0.3 is 12.1 Å². The number of ether oxygens (including phenoxy) is 1. The van der Waals surface area contributed by atoms with Gasteiger partial charge < -0.3 is 31.5 Å². The molecule has 0 saturated carbocycles. The Hall–Kier alpha value is -3.14. The minimum atomic E-state index is -0.936. The number of ketones is 1. The molecule has 34 heavy (non-hydrogen) atoms. The lowest BCUT2D eigenvalue weighted by Gasteiger charge is -2.27. The number of primary amides is 1. The van der Waals surface area contributed by atoms with Crippen LogP contribution in [-0.4, -0.2) is 53.2 Å². The highest BCUT2D eigenvalue weighted by atomic mass is 16.6. The van der Waals surface area contributed by atoms with Crippen molar-refractivity contribution in [1.82, 2.24) is 16.0 Å². The number of aliphatic hydroxyl groups excluding tert-OH is 1. The van der Waals surface area contributed by atoms with Crippen molar-refractivity contribution in [2.45, 2.75) is 71.8 Å². The first-order valence-electron chi connectivity index (χ1n) is 11.2. The molecule has 189 valence electrons. The molecule has 0 aromatic heterocycles. The monoisotopic (exact) mass is 477 g/mol. The van der Waals surface area contributed by atoms with E-state index in [1.165, 1.54) is 0 Å². The molecule has 0 bridgehead atoms. The van der Waals surface area contributed by atoms with Gasteiger partial charge in [-0.1, -0.05) is 26.0 Å². The maximum Gasteiger partial charge on any atom is 0.408 e. The molecule has 1 rings (SSSR count). The largest absolute Gasteiger partial charge is 0.444 e. The number of aliphatic hydroxyl groups is 1. The Bertz CT molecular complexity index is 879. The average Bonchev–Trinajstić information content (AvgIpc) is 2.71. The predicted molar refractivity (Wildman–Crippen MR) is 128 cm³/mol. The summed E-state index contributed by atoms with van der Waals surface area (Å²) < 4.78 is 5.25. The van der Waals surface area contributed by atoms with Gasteiger partial charge in [0.15, 0.2) is 5.78 Å². The van der Waals surface area contributed by atoms with E-state index in [-0.39, 0.29) is 31.3 Å². The summed E-state index contributed by atoms with van der Waals surface area (Å²) in [6, 6.07) is 2.16. The summed E-state index contributed by atoms with van der Waals surface area (Å²) in [5, 5.41) is 17.1. The maximum absolute atomic E-state index is 13.2. The Morgan fingerprint density at radius 3 is 2.29 bits per heavy atom. The summed E-state index contributed by atoms with van der Waals surface area (Å²) in [7, 11) is 0. The molecular formula is C24H37N4O6. The number of hydrogen-bond acceptors (Lipinski definition) is 6. The van der Waals surface area contributed by atoms with Gasteiger partial charge in [-0.3, -0.25) is 9.59 Å². The lowest BCUT2D eigenvalue weighted by atomic mass is 9.95. The molecule has 0 spiro atoms. The van der Waals surface area contributed by atoms with Crippen molar-refractivity contribution >= 4 is 23.8 Å². The van der Waals surface area contributed by atoms with E-state index in [1.54, 1.807) is 52.8 Å². The van der Waals surface area contributed by atoms with E-state index >= 15 is 0 Å². The van der Waals surface area contributed by atoms with Crippen molar-refractivity contribution in [3.8, 4) is 0 Å². The van der Waals surface area contributed by atoms with E-state index in [1.807, 2.05) is 0 Å². The van der Waals surface area contributed by atoms with Crippen LogP contribution in [0.2, 0.25) is 0 Å². The molecule has 0 fully saturated rings. The summed E-state index contributed by atoms with van der Waals surface area (Å²) >= 11 is 0. The molecule has 0 saturated heterocycles. The minimum absolute atomic E-state index is 0.210. The number of amides is 4. The Balaban J connectivity index is 3.06. The third kappa shape index (κ3) is 9.78. The second-order valence-electron chi connectivity index (χ2n) is 9.37. The lowest BCUT2D eigenvalue weighted by molar-refractivity contribution is -0.124. The van der Waals surface area contributed by atoms with Crippen LogP contribution in [0.5, 0.6) is 0 Å². The fourth-order valence-corrected chi connectivity index (χ4v) is 3.15. The summed E-state index contributed by atoms with van der Waals surface area (Å²) in [6.45, 7) is 12.5. The number of hydrogen-bond donors (Lipinski definition) is 5. The molecule has 6 N–H and O–H groups in total. The van der Waals surface area contributed by atoms with Crippen LogP contribution in [-0.2, 0) is 16.1 Å². The highest BCUT2D eigenvalue weighted by Gasteiger charge is 2.30. The molecule has 0 unspecified atom stereocenters. The fourth-order valence-electron chi connectivity index (χ4n) is 3.15. The Morgan fingerprint density at radius 1 is 1.15 bits per heavy atom. The van der Waals surface area contributed by atoms with Crippen LogP contribution in [0, 0.1) is 12.8 Å². The maximum atomic E-state index is 13.2. The van der Waals surface area contributed by atoms with Crippen molar-refractivity contribution in [2.75, 3.05) is 6.54 Å². The van der Waals surface area contributed by atoms with Gasteiger partial charge in [0.2, 0.25) is 5.91 Å². The topological polar surface area (TPSA) is 160 Å². The Labute approximate surface area is 201 Å². The molecule has 10 nitrogen and oxygen atoms in total. The van der Waals surface area contributed by atoms with E-state index in [4.69, 9.17) is 10.5 Å². The van der Waals surface area contributed by atoms with Gasteiger partial charge in [0.05, 0.1) is 12.6 Å².